The van der Waals surface area contributed by atoms with Crippen LogP contribution in [0.2, 0.25) is 0 Å². The maximum absolute atomic E-state index is 3.47. The van der Waals surface area contributed by atoms with Gasteiger partial charge in [-0.2, -0.15) is 0 Å². The summed E-state index contributed by atoms with van der Waals surface area (Å²) in [6.45, 7) is 4.41. The first-order chi connectivity index (χ1) is 7.86. The molecule has 3 rings (SSSR count). The fraction of sp³-hybridized carbons (Fsp3) is 0.286. The Kier molecular flexibility index (Phi) is 2.54. The Labute approximate surface area is 100 Å². The van der Waals surface area contributed by atoms with E-state index in [4.69, 9.17) is 0 Å². The molecule has 0 fully saturated rings. The second kappa shape index (κ2) is 4.04. The number of thiophene rings is 1. The topological polar surface area (TPSA) is 12.0 Å². The van der Waals surface area contributed by atoms with E-state index in [1.807, 2.05) is 11.3 Å². The molecule has 1 aromatic carbocycles. The van der Waals surface area contributed by atoms with E-state index >= 15 is 0 Å². The lowest BCUT2D eigenvalue weighted by atomic mass is 9.87. The molecule has 0 saturated heterocycles. The minimum atomic E-state index is 0.613. The third-order valence-corrected chi connectivity index (χ3v) is 4.14. The van der Waals surface area contributed by atoms with Gasteiger partial charge in [0.05, 0.1) is 0 Å². The van der Waals surface area contributed by atoms with Crippen molar-refractivity contribution < 1.29 is 0 Å². The lowest BCUT2D eigenvalue weighted by Crippen LogP contribution is -2.27. The van der Waals surface area contributed by atoms with Crippen molar-refractivity contribution in [3.05, 3.63) is 46.8 Å². The number of rotatable bonds is 1. The Bertz CT molecular complexity index is 487. The molecule has 1 aliphatic heterocycles. The molecule has 0 spiro atoms. The van der Waals surface area contributed by atoms with Crippen molar-refractivity contribution >= 4 is 11.3 Å². The summed E-state index contributed by atoms with van der Waals surface area (Å²) in [6.07, 6.45) is 0. The lowest BCUT2D eigenvalue weighted by Gasteiger charge is -2.25. The van der Waals surface area contributed by atoms with Crippen molar-refractivity contribution in [1.82, 2.24) is 5.32 Å². The second-order valence-electron chi connectivity index (χ2n) is 4.39. The highest BCUT2D eigenvalue weighted by molar-refractivity contribution is 7.13. The van der Waals surface area contributed by atoms with Crippen LogP contribution in [0.3, 0.4) is 0 Å². The minimum Gasteiger partial charge on any atom is -0.312 e. The molecule has 16 heavy (non-hydrogen) atoms. The predicted molar refractivity (Wildman–Crippen MR) is 69.9 cm³/mol. The van der Waals surface area contributed by atoms with Gasteiger partial charge in [-0.1, -0.05) is 31.2 Å². The van der Waals surface area contributed by atoms with E-state index in [1.54, 1.807) is 5.56 Å². The largest absolute Gasteiger partial charge is 0.312 e. The molecule has 1 aliphatic rings. The average Bonchev–Trinajstić information content (AvgIpc) is 2.82. The predicted octanol–water partition coefficient (Wildman–Crippen LogP) is 3.62. The van der Waals surface area contributed by atoms with Crippen molar-refractivity contribution in [1.29, 1.82) is 0 Å². The van der Waals surface area contributed by atoms with Crippen LogP contribution < -0.4 is 5.32 Å². The Morgan fingerprint density at radius 3 is 3.00 bits per heavy atom. The van der Waals surface area contributed by atoms with Crippen LogP contribution in [0.25, 0.3) is 10.4 Å². The minimum absolute atomic E-state index is 0.613. The van der Waals surface area contributed by atoms with Gasteiger partial charge in [0.15, 0.2) is 0 Å². The molecule has 0 bridgehead atoms. The third-order valence-electron chi connectivity index (χ3n) is 3.24. The summed E-state index contributed by atoms with van der Waals surface area (Å²) in [5, 5.41) is 5.62. The SMILES string of the molecule is CC1CNCc2cccc(-c3cccs3)c21. The van der Waals surface area contributed by atoms with Gasteiger partial charge < -0.3 is 5.32 Å². The summed E-state index contributed by atoms with van der Waals surface area (Å²) in [5.41, 5.74) is 4.44. The van der Waals surface area contributed by atoms with Crippen molar-refractivity contribution in [2.45, 2.75) is 19.4 Å². The zero-order chi connectivity index (χ0) is 11.0. The maximum atomic E-state index is 3.47. The van der Waals surface area contributed by atoms with Gasteiger partial charge in [0.1, 0.15) is 0 Å². The van der Waals surface area contributed by atoms with Crippen LogP contribution in [0, 0.1) is 0 Å². The zero-order valence-electron chi connectivity index (χ0n) is 9.36. The highest BCUT2D eigenvalue weighted by Gasteiger charge is 2.19. The fourth-order valence-electron chi connectivity index (χ4n) is 2.52. The van der Waals surface area contributed by atoms with Gasteiger partial charge in [-0.15, -0.1) is 11.3 Å². The number of fused-ring (bicyclic) bond motifs is 1. The molecule has 2 heterocycles. The normalized spacial score (nSPS) is 19.4. The Hall–Kier alpha value is -1.12. The first-order valence-electron chi connectivity index (χ1n) is 5.72. The highest BCUT2D eigenvalue weighted by Crippen LogP contribution is 2.35. The molecule has 2 heteroatoms. The molecule has 82 valence electrons. The van der Waals surface area contributed by atoms with Crippen molar-refractivity contribution in [2.75, 3.05) is 6.54 Å². The molecular formula is C14H15NS. The van der Waals surface area contributed by atoms with Crippen LogP contribution in [0.5, 0.6) is 0 Å². The molecule has 0 radical (unpaired) electrons. The van der Waals surface area contributed by atoms with E-state index in [2.05, 4.69) is 48.0 Å². The summed E-state index contributed by atoms with van der Waals surface area (Å²) in [5.74, 6) is 0.613. The Morgan fingerprint density at radius 2 is 2.19 bits per heavy atom. The van der Waals surface area contributed by atoms with Gasteiger partial charge in [-0.05, 0) is 34.1 Å². The van der Waals surface area contributed by atoms with Crippen LogP contribution in [0.15, 0.2) is 35.7 Å². The van der Waals surface area contributed by atoms with E-state index in [9.17, 15) is 0 Å². The van der Waals surface area contributed by atoms with Gasteiger partial charge in [0.25, 0.3) is 0 Å². The molecule has 0 amide bonds. The van der Waals surface area contributed by atoms with Crippen LogP contribution in [-0.2, 0) is 6.54 Å². The van der Waals surface area contributed by atoms with Crippen molar-refractivity contribution in [2.24, 2.45) is 0 Å². The molecule has 1 aromatic heterocycles. The zero-order valence-corrected chi connectivity index (χ0v) is 10.2. The number of hydrogen-bond donors (Lipinski definition) is 1. The number of benzene rings is 1. The molecule has 0 aliphatic carbocycles. The van der Waals surface area contributed by atoms with E-state index in [1.165, 1.54) is 16.0 Å². The van der Waals surface area contributed by atoms with E-state index in [0.29, 0.717) is 5.92 Å². The molecule has 2 aromatic rings. The van der Waals surface area contributed by atoms with Gasteiger partial charge in [-0.25, -0.2) is 0 Å². The molecular weight excluding hydrogens is 214 g/mol. The number of nitrogens with one attached hydrogen (secondary N) is 1. The van der Waals surface area contributed by atoms with E-state index in [-0.39, 0.29) is 0 Å². The maximum Gasteiger partial charge on any atom is 0.0345 e. The van der Waals surface area contributed by atoms with Gasteiger partial charge in [0.2, 0.25) is 0 Å². The first-order valence-corrected chi connectivity index (χ1v) is 6.60. The summed E-state index contributed by atoms with van der Waals surface area (Å²) >= 11 is 1.83. The van der Waals surface area contributed by atoms with Crippen LogP contribution >= 0.6 is 11.3 Å². The monoisotopic (exact) mass is 229 g/mol. The van der Waals surface area contributed by atoms with Crippen molar-refractivity contribution in [3.8, 4) is 10.4 Å². The summed E-state index contributed by atoms with van der Waals surface area (Å²) in [7, 11) is 0. The van der Waals surface area contributed by atoms with E-state index in [0.717, 1.165) is 13.1 Å². The smallest absolute Gasteiger partial charge is 0.0345 e. The average molecular weight is 229 g/mol. The summed E-state index contributed by atoms with van der Waals surface area (Å²) in [6, 6.07) is 11.0. The van der Waals surface area contributed by atoms with Crippen LogP contribution in [0.1, 0.15) is 24.0 Å². The lowest BCUT2D eigenvalue weighted by molar-refractivity contribution is 0.572. The molecule has 0 saturated carbocycles. The van der Waals surface area contributed by atoms with Crippen LogP contribution in [0.4, 0.5) is 0 Å². The summed E-state index contributed by atoms with van der Waals surface area (Å²) in [4.78, 5) is 1.39. The van der Waals surface area contributed by atoms with Crippen molar-refractivity contribution in [3.63, 3.8) is 0 Å². The standard InChI is InChI=1S/C14H15NS/c1-10-8-15-9-11-4-2-5-12(14(10)11)13-6-3-7-16-13/h2-7,10,15H,8-9H2,1H3. The Morgan fingerprint density at radius 1 is 1.25 bits per heavy atom. The first kappa shape index (κ1) is 10.1. The van der Waals surface area contributed by atoms with Crippen LogP contribution in [-0.4, -0.2) is 6.54 Å². The molecule has 1 unspecified atom stereocenters. The second-order valence-corrected chi connectivity index (χ2v) is 5.34. The number of hydrogen-bond acceptors (Lipinski definition) is 2. The third kappa shape index (κ3) is 1.58. The Balaban J connectivity index is 2.19. The molecule has 1 atom stereocenters. The fourth-order valence-corrected chi connectivity index (χ4v) is 3.29. The van der Waals surface area contributed by atoms with Gasteiger partial charge in [-0.3, -0.25) is 0 Å². The van der Waals surface area contributed by atoms with E-state index < -0.39 is 0 Å². The quantitative estimate of drug-likeness (QED) is 0.787. The molecule has 1 N–H and O–H groups in total. The molecule has 1 nitrogen and oxygen atoms in total. The van der Waals surface area contributed by atoms with Gasteiger partial charge in [0, 0.05) is 18.0 Å². The summed E-state index contributed by atoms with van der Waals surface area (Å²) < 4.78 is 0. The highest BCUT2D eigenvalue weighted by atomic mass is 32.1. The van der Waals surface area contributed by atoms with Gasteiger partial charge >= 0.3 is 0 Å².